The number of hydrogen-bond acceptors (Lipinski definition) is 5. The summed E-state index contributed by atoms with van der Waals surface area (Å²) in [5, 5.41) is -1.05. The minimum absolute atomic E-state index is 0.0214. The molecule has 0 aliphatic carbocycles. The molecule has 1 N–H and O–H groups in total. The van der Waals surface area contributed by atoms with E-state index in [1.807, 2.05) is 20.8 Å². The van der Waals surface area contributed by atoms with Crippen molar-refractivity contribution in [3.05, 3.63) is 59.9 Å². The number of rotatable bonds is 10. The average molecular weight is 425 g/mol. The first-order valence-electron chi connectivity index (χ1n) is 9.38. The van der Waals surface area contributed by atoms with Crippen molar-refractivity contribution in [1.29, 1.82) is 0 Å². The van der Waals surface area contributed by atoms with Crippen molar-refractivity contribution >= 4 is 19.9 Å². The van der Waals surface area contributed by atoms with E-state index in [2.05, 4.69) is 9.71 Å². The van der Waals surface area contributed by atoms with Gasteiger partial charge in [-0.25, -0.2) is 21.6 Å². The Morgan fingerprint density at radius 3 is 2.21 bits per heavy atom. The van der Waals surface area contributed by atoms with E-state index in [1.165, 1.54) is 6.20 Å². The molecule has 1 heterocycles. The van der Waals surface area contributed by atoms with Crippen LogP contribution in [0, 0.1) is 0 Å². The molecule has 0 unspecified atom stereocenters. The number of nitrogens with zero attached hydrogens (tertiary/aromatic N) is 1. The number of sulfone groups is 1. The fourth-order valence-corrected chi connectivity index (χ4v) is 5.77. The molecule has 0 saturated carbocycles. The maximum absolute atomic E-state index is 13.3. The molecule has 1 aromatic carbocycles. The highest BCUT2D eigenvalue weighted by Crippen LogP contribution is 2.29. The largest absolute Gasteiger partial charge is 0.264 e. The van der Waals surface area contributed by atoms with E-state index in [0.717, 1.165) is 12.0 Å². The highest BCUT2D eigenvalue weighted by atomic mass is 32.2. The van der Waals surface area contributed by atoms with E-state index in [0.29, 0.717) is 12.0 Å². The lowest BCUT2D eigenvalue weighted by Gasteiger charge is -2.19. The summed E-state index contributed by atoms with van der Waals surface area (Å²) in [6, 6.07) is 10.1. The zero-order chi connectivity index (χ0) is 20.8. The summed E-state index contributed by atoms with van der Waals surface area (Å²) in [7, 11) is -7.35. The second-order valence-electron chi connectivity index (χ2n) is 7.06. The summed E-state index contributed by atoms with van der Waals surface area (Å²) < 4.78 is 53.4. The van der Waals surface area contributed by atoms with Crippen LogP contribution >= 0.6 is 0 Å². The third-order valence-corrected chi connectivity index (χ3v) is 8.11. The van der Waals surface area contributed by atoms with Gasteiger partial charge in [-0.15, -0.1) is 0 Å². The van der Waals surface area contributed by atoms with Gasteiger partial charge < -0.3 is 0 Å². The molecule has 0 bridgehead atoms. The molecular weight excluding hydrogens is 396 g/mol. The Bertz CT molecular complexity index is 955. The van der Waals surface area contributed by atoms with Gasteiger partial charge in [-0.05, 0) is 41.7 Å². The van der Waals surface area contributed by atoms with Crippen LogP contribution in [-0.4, -0.2) is 34.1 Å². The number of unbranched alkanes of at least 4 members (excludes halogenated alkanes) is 1. The van der Waals surface area contributed by atoms with Crippen LogP contribution in [0.4, 0.5) is 0 Å². The SMILES string of the molecule is CCCCS(=O)(=O)NC[C@H](c1cccnc1)S(=O)(=O)c1ccc(C(C)C)cc1. The molecule has 0 radical (unpaired) electrons. The summed E-state index contributed by atoms with van der Waals surface area (Å²) in [5.41, 5.74) is 1.49. The Hall–Kier alpha value is -1.77. The van der Waals surface area contributed by atoms with Crippen LogP contribution < -0.4 is 4.72 Å². The van der Waals surface area contributed by atoms with Crippen LogP contribution in [0.3, 0.4) is 0 Å². The monoisotopic (exact) mass is 424 g/mol. The van der Waals surface area contributed by atoms with Gasteiger partial charge in [0.1, 0.15) is 5.25 Å². The lowest BCUT2D eigenvalue weighted by Crippen LogP contribution is -2.33. The summed E-state index contributed by atoms with van der Waals surface area (Å²) in [6.45, 7) is 5.74. The molecule has 0 aliphatic heterocycles. The minimum Gasteiger partial charge on any atom is -0.264 e. The van der Waals surface area contributed by atoms with Gasteiger partial charge in [-0.2, -0.15) is 0 Å². The molecule has 6 nitrogen and oxygen atoms in total. The molecular formula is C20H28N2O4S2. The molecule has 28 heavy (non-hydrogen) atoms. The molecule has 8 heteroatoms. The lowest BCUT2D eigenvalue weighted by atomic mass is 10.0. The molecule has 0 aliphatic rings. The van der Waals surface area contributed by atoms with Gasteiger partial charge in [0.25, 0.3) is 0 Å². The Kier molecular flexibility index (Phi) is 7.74. The van der Waals surface area contributed by atoms with Gasteiger partial charge in [0.05, 0.1) is 10.6 Å². The maximum Gasteiger partial charge on any atom is 0.211 e. The minimum atomic E-state index is -3.81. The number of hydrogen-bond donors (Lipinski definition) is 1. The third kappa shape index (κ3) is 5.86. The Balaban J connectivity index is 2.35. The Morgan fingerprint density at radius 2 is 1.68 bits per heavy atom. The first-order valence-corrected chi connectivity index (χ1v) is 12.6. The van der Waals surface area contributed by atoms with Crippen LogP contribution in [0.15, 0.2) is 53.7 Å². The molecule has 1 atom stereocenters. The number of benzene rings is 1. The molecule has 2 rings (SSSR count). The van der Waals surface area contributed by atoms with Gasteiger partial charge >= 0.3 is 0 Å². The predicted molar refractivity (Wildman–Crippen MR) is 111 cm³/mol. The van der Waals surface area contributed by atoms with Crippen molar-refractivity contribution in [3.63, 3.8) is 0 Å². The van der Waals surface area contributed by atoms with E-state index in [4.69, 9.17) is 0 Å². The normalized spacial score (nSPS) is 13.6. The fraction of sp³-hybridized carbons (Fsp3) is 0.450. The van der Waals surface area contributed by atoms with Crippen LogP contribution in [0.1, 0.15) is 55.9 Å². The standard InChI is InChI=1S/C20H28N2O4S2/c1-4-5-13-27(23,24)22-15-20(18-7-6-12-21-14-18)28(25,26)19-10-8-17(9-11-19)16(2)3/h6-12,14,16,20,22H,4-5,13,15H2,1-3H3/t20-/m1/s1. The topological polar surface area (TPSA) is 93.2 Å². The number of sulfonamides is 1. The first-order chi connectivity index (χ1) is 13.2. The number of pyridine rings is 1. The molecule has 2 aromatic rings. The number of nitrogens with one attached hydrogen (secondary N) is 1. The van der Waals surface area contributed by atoms with Crippen LogP contribution in [0.2, 0.25) is 0 Å². The highest BCUT2D eigenvalue weighted by molar-refractivity contribution is 7.92. The van der Waals surface area contributed by atoms with Crippen molar-refractivity contribution in [1.82, 2.24) is 9.71 Å². The van der Waals surface area contributed by atoms with Crippen LogP contribution in [0.5, 0.6) is 0 Å². The number of aromatic nitrogens is 1. The second kappa shape index (κ2) is 9.62. The summed E-state index contributed by atoms with van der Waals surface area (Å²) >= 11 is 0. The van der Waals surface area contributed by atoms with Gasteiger partial charge in [0, 0.05) is 18.9 Å². The second-order valence-corrected chi connectivity index (χ2v) is 11.1. The maximum atomic E-state index is 13.3. The smallest absolute Gasteiger partial charge is 0.211 e. The van der Waals surface area contributed by atoms with Crippen molar-refractivity contribution in [2.75, 3.05) is 12.3 Å². The summed E-state index contributed by atoms with van der Waals surface area (Å²) in [4.78, 5) is 4.17. The van der Waals surface area contributed by atoms with E-state index in [1.54, 1.807) is 42.6 Å². The van der Waals surface area contributed by atoms with E-state index >= 15 is 0 Å². The first kappa shape index (κ1) is 22.5. The van der Waals surface area contributed by atoms with Gasteiger partial charge in [-0.1, -0.05) is 45.4 Å². The van der Waals surface area contributed by atoms with Crippen molar-refractivity contribution in [2.24, 2.45) is 0 Å². The zero-order valence-electron chi connectivity index (χ0n) is 16.5. The summed E-state index contributed by atoms with van der Waals surface area (Å²) in [6.07, 6.45) is 4.28. The highest BCUT2D eigenvalue weighted by Gasteiger charge is 2.30. The quantitative estimate of drug-likeness (QED) is 0.631. The fourth-order valence-electron chi connectivity index (χ4n) is 2.79. The molecule has 0 saturated heterocycles. The van der Waals surface area contributed by atoms with E-state index in [-0.39, 0.29) is 23.1 Å². The average Bonchev–Trinajstić information content (AvgIpc) is 2.67. The zero-order valence-corrected chi connectivity index (χ0v) is 18.1. The van der Waals surface area contributed by atoms with Crippen molar-refractivity contribution in [2.45, 2.75) is 49.7 Å². The van der Waals surface area contributed by atoms with Gasteiger partial charge in [0.2, 0.25) is 10.0 Å². The Morgan fingerprint density at radius 1 is 1.00 bits per heavy atom. The van der Waals surface area contributed by atoms with E-state index in [9.17, 15) is 16.8 Å². The van der Waals surface area contributed by atoms with Crippen molar-refractivity contribution in [3.8, 4) is 0 Å². The molecule has 1 aromatic heterocycles. The van der Waals surface area contributed by atoms with Gasteiger partial charge in [0.15, 0.2) is 9.84 Å². The van der Waals surface area contributed by atoms with Crippen LogP contribution in [-0.2, 0) is 19.9 Å². The van der Waals surface area contributed by atoms with Gasteiger partial charge in [-0.3, -0.25) is 4.98 Å². The van der Waals surface area contributed by atoms with Crippen molar-refractivity contribution < 1.29 is 16.8 Å². The van der Waals surface area contributed by atoms with Crippen LogP contribution in [0.25, 0.3) is 0 Å². The molecule has 0 spiro atoms. The molecule has 154 valence electrons. The lowest BCUT2D eigenvalue weighted by molar-refractivity contribution is 0.566. The molecule has 0 fully saturated rings. The third-order valence-electron chi connectivity index (χ3n) is 4.56. The Labute approximate surface area is 168 Å². The van der Waals surface area contributed by atoms with E-state index < -0.39 is 25.1 Å². The predicted octanol–water partition coefficient (Wildman–Crippen LogP) is 3.44. The summed E-state index contributed by atoms with van der Waals surface area (Å²) in [5.74, 6) is 0.267. The molecule has 0 amide bonds.